The molecule has 0 aliphatic heterocycles. The molecule has 4 atom stereocenters. The van der Waals surface area contributed by atoms with Crippen LogP contribution < -0.4 is 11.1 Å². The predicted octanol–water partition coefficient (Wildman–Crippen LogP) is 2.08. The lowest BCUT2D eigenvalue weighted by atomic mass is 9.99. The van der Waals surface area contributed by atoms with E-state index in [1.54, 1.807) is 12.2 Å². The number of aliphatic hydroxyl groups is 4. The third-order valence-electron chi connectivity index (χ3n) is 6.49. The van der Waals surface area contributed by atoms with Gasteiger partial charge in [0.05, 0.1) is 18.3 Å². The van der Waals surface area contributed by atoms with Crippen LogP contribution in [0.15, 0.2) is 48.6 Å². The molecule has 1 amide bonds. The maximum atomic E-state index is 11.9. The van der Waals surface area contributed by atoms with Gasteiger partial charge in [-0.05, 0) is 63.9 Å². The lowest BCUT2D eigenvalue weighted by Gasteiger charge is -2.21. The van der Waals surface area contributed by atoms with Crippen LogP contribution in [0, 0.1) is 5.41 Å². The quantitative estimate of drug-likeness (QED) is 0.0169. The fourth-order valence-corrected chi connectivity index (χ4v) is 4.01. The zero-order chi connectivity index (χ0) is 33.2. The van der Waals surface area contributed by atoms with Gasteiger partial charge in [-0.2, -0.15) is 0 Å². The number of hydrogen-bond acceptors (Lipinski definition) is 9. The predicted molar refractivity (Wildman–Crippen MR) is 167 cm³/mol. The average Bonchev–Trinajstić information content (AvgIpc) is 2.96. The molecule has 0 heterocycles. The summed E-state index contributed by atoms with van der Waals surface area (Å²) in [4.78, 5) is 33.9. The molecule has 0 aromatic carbocycles. The number of rotatable bonds is 26. The normalized spacial score (nSPS) is 14.8. The van der Waals surface area contributed by atoms with Gasteiger partial charge in [0, 0.05) is 19.4 Å². The Hall–Kier alpha value is -3.36. The highest BCUT2D eigenvalue weighted by atomic mass is 16.5. The van der Waals surface area contributed by atoms with Gasteiger partial charge in [-0.15, -0.1) is 0 Å². The van der Waals surface area contributed by atoms with E-state index in [4.69, 9.17) is 16.2 Å². The molecule has 0 radical (unpaired) electrons. The van der Waals surface area contributed by atoms with E-state index in [1.165, 1.54) is 0 Å². The zero-order valence-electron chi connectivity index (χ0n) is 25.5. The van der Waals surface area contributed by atoms with Crippen LogP contribution in [-0.2, 0) is 14.4 Å². The fourth-order valence-electron chi connectivity index (χ4n) is 4.01. The van der Waals surface area contributed by atoms with Crippen LogP contribution in [0.2, 0.25) is 0 Å². The topological polar surface area (TPSA) is 238 Å². The summed E-state index contributed by atoms with van der Waals surface area (Å²) in [5, 5.41) is 67.3. The Morgan fingerprint density at radius 3 is 2.00 bits per heavy atom. The van der Waals surface area contributed by atoms with Gasteiger partial charge in [-0.25, -0.2) is 5.06 Å². The number of carboxylic acid groups (broad SMARTS) is 1. The van der Waals surface area contributed by atoms with E-state index in [-0.39, 0.29) is 24.6 Å². The van der Waals surface area contributed by atoms with Crippen LogP contribution in [-0.4, -0.2) is 96.9 Å². The maximum absolute atomic E-state index is 11.9. The molecule has 10 N–H and O–H groups in total. The van der Waals surface area contributed by atoms with Crippen molar-refractivity contribution in [1.29, 1.82) is 5.41 Å². The molecule has 0 spiro atoms. The number of hydrogen-bond donors (Lipinski definition) is 9. The molecule has 44 heavy (non-hydrogen) atoms. The molecule has 0 aromatic heterocycles. The zero-order valence-corrected chi connectivity index (χ0v) is 25.5. The van der Waals surface area contributed by atoms with E-state index in [1.807, 2.05) is 41.8 Å². The molecule has 4 unspecified atom stereocenters. The van der Waals surface area contributed by atoms with Crippen molar-refractivity contribution >= 4 is 23.6 Å². The Morgan fingerprint density at radius 1 is 0.795 bits per heavy atom. The number of unbranched alkanes of at least 4 members (excludes halogenated alkanes) is 6. The molecule has 0 aliphatic carbocycles. The minimum Gasteiger partial charge on any atom is -0.480 e. The molecule has 0 rings (SSSR count). The van der Waals surface area contributed by atoms with Gasteiger partial charge in [0.2, 0.25) is 5.96 Å². The van der Waals surface area contributed by atoms with Gasteiger partial charge >= 0.3 is 5.97 Å². The van der Waals surface area contributed by atoms with Crippen molar-refractivity contribution in [3.8, 4) is 0 Å². The van der Waals surface area contributed by atoms with Crippen LogP contribution in [0.1, 0.15) is 83.5 Å². The molecular formula is C31H52N4O9. The van der Waals surface area contributed by atoms with Gasteiger partial charge < -0.3 is 36.6 Å². The SMILES string of the molecule is N=C(N)N(O)CCCCCC=CC=CC(=O)CCCC=CC=CCCCCC(O)CC(O)CC(O)C(O)C(=O)NCC(=O)O. The molecule has 250 valence electrons. The lowest BCUT2D eigenvalue weighted by Crippen LogP contribution is -2.45. The minimum atomic E-state index is -1.88. The molecule has 0 bridgehead atoms. The second-order valence-corrected chi connectivity index (χ2v) is 10.5. The number of nitrogens with zero attached hydrogens (tertiary/aromatic N) is 1. The number of nitrogens with one attached hydrogen (secondary N) is 2. The number of nitrogens with two attached hydrogens (primary N) is 1. The number of carbonyl (C=O) groups excluding carboxylic acids is 2. The second kappa shape index (κ2) is 26.1. The number of hydroxylamine groups is 2. The molecule has 0 aliphatic rings. The standard InChI is InChI=1S/C31H52N4O9/c32-31(33)35(44)20-16-12-8-4-7-10-14-18-24(36)17-13-9-5-2-1-3-6-11-15-19-25(37)21-26(38)22-27(39)29(42)30(43)34-23-28(40)41/h1-3,5,7,10,14,18,25-27,29,37-39,42,44H,4,6,8-9,11-13,15-17,19-23H2,(H3,32,33)(H,34,43)(H,40,41). The van der Waals surface area contributed by atoms with Crippen molar-refractivity contribution in [1.82, 2.24) is 10.4 Å². The Kier molecular flexibility index (Phi) is 24.1. The number of allylic oxidation sites excluding steroid dienone is 8. The Labute approximate surface area is 259 Å². The van der Waals surface area contributed by atoms with Crippen molar-refractivity contribution in [2.75, 3.05) is 13.1 Å². The first-order chi connectivity index (χ1) is 20.9. The van der Waals surface area contributed by atoms with E-state index in [9.17, 15) is 40.0 Å². The summed E-state index contributed by atoms with van der Waals surface area (Å²) in [5.74, 6) is -2.62. The van der Waals surface area contributed by atoms with Gasteiger partial charge in [0.1, 0.15) is 6.54 Å². The van der Waals surface area contributed by atoms with Crippen molar-refractivity contribution in [3.63, 3.8) is 0 Å². The summed E-state index contributed by atoms with van der Waals surface area (Å²) in [6.07, 6.45) is 17.6. The summed E-state index contributed by atoms with van der Waals surface area (Å²) in [6, 6.07) is 0. The van der Waals surface area contributed by atoms with Crippen molar-refractivity contribution in [2.45, 2.75) is 108 Å². The van der Waals surface area contributed by atoms with E-state index in [2.05, 4.69) is 0 Å². The van der Waals surface area contributed by atoms with Gasteiger partial charge in [0.15, 0.2) is 11.9 Å². The van der Waals surface area contributed by atoms with Crippen LogP contribution in [0.5, 0.6) is 0 Å². The molecular weight excluding hydrogens is 572 g/mol. The van der Waals surface area contributed by atoms with E-state index >= 15 is 0 Å². The lowest BCUT2D eigenvalue weighted by molar-refractivity contribution is -0.142. The first kappa shape index (κ1) is 40.6. The molecule has 0 aromatic rings. The monoisotopic (exact) mass is 624 g/mol. The second-order valence-electron chi connectivity index (χ2n) is 10.5. The molecule has 0 saturated heterocycles. The van der Waals surface area contributed by atoms with Gasteiger partial charge in [-0.1, -0.05) is 55.4 Å². The number of carboxylic acids is 1. The number of amides is 1. The molecule has 0 saturated carbocycles. The van der Waals surface area contributed by atoms with Crippen LogP contribution in [0.25, 0.3) is 0 Å². The summed E-state index contributed by atoms with van der Waals surface area (Å²) in [5.41, 5.74) is 5.15. The largest absolute Gasteiger partial charge is 0.480 e. The number of aliphatic carboxylic acids is 1. The van der Waals surface area contributed by atoms with Crippen LogP contribution in [0.3, 0.4) is 0 Å². The summed E-state index contributed by atoms with van der Waals surface area (Å²) >= 11 is 0. The molecule has 13 heteroatoms. The highest BCUT2D eigenvalue weighted by Gasteiger charge is 2.27. The summed E-state index contributed by atoms with van der Waals surface area (Å²) in [7, 11) is 0. The third-order valence-corrected chi connectivity index (χ3v) is 6.49. The Morgan fingerprint density at radius 2 is 1.39 bits per heavy atom. The Bertz CT molecular complexity index is 952. The average molecular weight is 625 g/mol. The minimum absolute atomic E-state index is 0.0231. The van der Waals surface area contributed by atoms with E-state index < -0.39 is 42.8 Å². The number of carbonyl (C=O) groups is 3. The number of ketones is 1. The number of guanidine groups is 1. The maximum Gasteiger partial charge on any atom is 0.322 e. The summed E-state index contributed by atoms with van der Waals surface area (Å²) < 4.78 is 0. The first-order valence-corrected chi connectivity index (χ1v) is 15.1. The van der Waals surface area contributed by atoms with E-state index in [0.717, 1.165) is 62.9 Å². The van der Waals surface area contributed by atoms with Crippen molar-refractivity contribution in [2.24, 2.45) is 5.73 Å². The van der Waals surface area contributed by atoms with Crippen molar-refractivity contribution < 1.29 is 45.1 Å². The third kappa shape index (κ3) is 24.1. The van der Waals surface area contributed by atoms with Crippen LogP contribution >= 0.6 is 0 Å². The molecule has 0 fully saturated rings. The highest BCUT2D eigenvalue weighted by molar-refractivity contribution is 5.89. The Balaban J connectivity index is 3.85. The van der Waals surface area contributed by atoms with Crippen molar-refractivity contribution in [3.05, 3.63) is 48.6 Å². The van der Waals surface area contributed by atoms with Gasteiger partial charge in [-0.3, -0.25) is 25.0 Å². The highest BCUT2D eigenvalue weighted by Crippen LogP contribution is 2.14. The smallest absolute Gasteiger partial charge is 0.322 e. The van der Waals surface area contributed by atoms with Crippen LogP contribution in [0.4, 0.5) is 0 Å². The number of aliphatic hydroxyl groups excluding tert-OH is 4. The molecule has 13 nitrogen and oxygen atoms in total. The first-order valence-electron chi connectivity index (χ1n) is 15.1. The summed E-state index contributed by atoms with van der Waals surface area (Å²) in [6.45, 7) is -0.354. The van der Waals surface area contributed by atoms with E-state index in [0.29, 0.717) is 19.4 Å². The fraction of sp³-hybridized carbons (Fsp3) is 0.613. The van der Waals surface area contributed by atoms with Gasteiger partial charge in [0.25, 0.3) is 5.91 Å².